The highest BCUT2D eigenvalue weighted by atomic mass is 16.5. The minimum atomic E-state index is -0.526. The van der Waals surface area contributed by atoms with Crippen molar-refractivity contribution in [1.29, 1.82) is 0 Å². The van der Waals surface area contributed by atoms with Gasteiger partial charge in [0.15, 0.2) is 11.2 Å². The topological polar surface area (TPSA) is 77.8 Å². The van der Waals surface area contributed by atoms with Gasteiger partial charge in [-0.3, -0.25) is 9.59 Å². The molecular weight excluding hydrogens is 322 g/mol. The number of ether oxygens (including phenoxy) is 2. The summed E-state index contributed by atoms with van der Waals surface area (Å²) in [5.74, 6) is 0.491. The number of hydrogen-bond donors (Lipinski definition) is 1. The molecule has 0 aliphatic heterocycles. The summed E-state index contributed by atoms with van der Waals surface area (Å²) in [5, 5.41) is 3.06. The van der Waals surface area contributed by atoms with E-state index in [0.29, 0.717) is 34.8 Å². The molecular formula is C19H17NO5. The van der Waals surface area contributed by atoms with Gasteiger partial charge in [0.2, 0.25) is 0 Å². The molecule has 0 aliphatic carbocycles. The second-order valence-corrected chi connectivity index (χ2v) is 5.22. The molecule has 0 spiro atoms. The van der Waals surface area contributed by atoms with Crippen molar-refractivity contribution >= 4 is 22.6 Å². The van der Waals surface area contributed by atoms with Gasteiger partial charge in [-0.25, -0.2) is 0 Å². The lowest BCUT2D eigenvalue weighted by atomic mass is 10.2. The van der Waals surface area contributed by atoms with Crippen LogP contribution in [0.25, 0.3) is 11.0 Å². The van der Waals surface area contributed by atoms with Gasteiger partial charge in [0.1, 0.15) is 17.1 Å². The van der Waals surface area contributed by atoms with Crippen LogP contribution < -0.4 is 20.2 Å². The maximum atomic E-state index is 12.5. The number of hydrogen-bond acceptors (Lipinski definition) is 5. The molecule has 0 aliphatic rings. The second kappa shape index (κ2) is 7.09. The number of anilines is 1. The molecule has 1 N–H and O–H groups in total. The minimum Gasteiger partial charge on any atom is -0.497 e. The second-order valence-electron chi connectivity index (χ2n) is 5.22. The Hall–Kier alpha value is -3.28. The summed E-state index contributed by atoms with van der Waals surface area (Å²) in [5.41, 5.74) is 0.506. The Morgan fingerprint density at radius 3 is 2.72 bits per heavy atom. The van der Waals surface area contributed by atoms with Gasteiger partial charge in [0.05, 0.1) is 24.8 Å². The molecule has 2 aromatic carbocycles. The maximum Gasteiger partial charge on any atom is 0.291 e. The zero-order chi connectivity index (χ0) is 17.8. The summed E-state index contributed by atoms with van der Waals surface area (Å²) < 4.78 is 16.1. The first-order valence-corrected chi connectivity index (χ1v) is 7.77. The number of benzene rings is 2. The maximum absolute atomic E-state index is 12.5. The number of methoxy groups -OCH3 is 1. The molecule has 1 aromatic heterocycles. The predicted octanol–water partition coefficient (Wildman–Crippen LogP) is 3.45. The normalized spacial score (nSPS) is 10.5. The van der Waals surface area contributed by atoms with Crippen molar-refractivity contribution in [2.45, 2.75) is 6.92 Å². The van der Waals surface area contributed by atoms with Gasteiger partial charge in [-0.2, -0.15) is 0 Å². The van der Waals surface area contributed by atoms with Crippen molar-refractivity contribution in [3.8, 4) is 11.5 Å². The van der Waals surface area contributed by atoms with Crippen LogP contribution in [0.2, 0.25) is 0 Å². The molecule has 0 atom stereocenters. The smallest absolute Gasteiger partial charge is 0.291 e. The Balaban J connectivity index is 1.94. The van der Waals surface area contributed by atoms with Crippen molar-refractivity contribution < 1.29 is 18.7 Å². The van der Waals surface area contributed by atoms with E-state index in [4.69, 9.17) is 13.9 Å². The van der Waals surface area contributed by atoms with Crippen molar-refractivity contribution in [2.75, 3.05) is 19.0 Å². The summed E-state index contributed by atoms with van der Waals surface area (Å²) in [6.45, 7) is 2.33. The van der Waals surface area contributed by atoms with Gasteiger partial charge in [-0.1, -0.05) is 12.1 Å². The average Bonchev–Trinajstić information content (AvgIpc) is 2.63. The fourth-order valence-corrected chi connectivity index (χ4v) is 2.41. The fourth-order valence-electron chi connectivity index (χ4n) is 2.41. The lowest BCUT2D eigenvalue weighted by Crippen LogP contribution is -2.15. The predicted molar refractivity (Wildman–Crippen MR) is 94.6 cm³/mol. The number of para-hydroxylation sites is 2. The first-order chi connectivity index (χ1) is 12.1. The molecule has 0 bridgehead atoms. The van der Waals surface area contributed by atoms with E-state index in [0.717, 1.165) is 0 Å². The number of carbonyl (C=O) groups excluding carboxylic acids is 1. The summed E-state index contributed by atoms with van der Waals surface area (Å²) in [4.78, 5) is 24.7. The molecule has 1 heterocycles. The van der Waals surface area contributed by atoms with Gasteiger partial charge in [-0.15, -0.1) is 0 Å². The molecule has 3 aromatic rings. The van der Waals surface area contributed by atoms with Crippen molar-refractivity contribution in [3.63, 3.8) is 0 Å². The van der Waals surface area contributed by atoms with Gasteiger partial charge in [0, 0.05) is 6.07 Å². The molecule has 0 saturated heterocycles. The zero-order valence-electron chi connectivity index (χ0n) is 13.9. The van der Waals surface area contributed by atoms with E-state index >= 15 is 0 Å². The summed E-state index contributed by atoms with van der Waals surface area (Å²) >= 11 is 0. The lowest BCUT2D eigenvalue weighted by Gasteiger charge is -2.11. The molecule has 128 valence electrons. The van der Waals surface area contributed by atoms with Crippen molar-refractivity contribution in [2.24, 2.45) is 0 Å². The Morgan fingerprint density at radius 2 is 1.96 bits per heavy atom. The quantitative estimate of drug-likeness (QED) is 0.770. The van der Waals surface area contributed by atoms with Crippen LogP contribution in [0.15, 0.2) is 57.7 Å². The highest BCUT2D eigenvalue weighted by Gasteiger charge is 2.15. The number of amides is 1. The average molecular weight is 339 g/mol. The third-order valence-corrected chi connectivity index (χ3v) is 3.59. The number of rotatable bonds is 5. The third kappa shape index (κ3) is 3.47. The molecule has 0 saturated carbocycles. The Labute approximate surface area is 144 Å². The van der Waals surface area contributed by atoms with Crippen molar-refractivity contribution in [3.05, 3.63) is 64.5 Å². The van der Waals surface area contributed by atoms with Crippen LogP contribution in [0, 0.1) is 0 Å². The first kappa shape index (κ1) is 16.6. The molecule has 3 rings (SSSR count). The van der Waals surface area contributed by atoms with Gasteiger partial charge < -0.3 is 19.2 Å². The Bertz CT molecular complexity index is 977. The van der Waals surface area contributed by atoms with Crippen molar-refractivity contribution in [1.82, 2.24) is 0 Å². The summed E-state index contributed by atoms with van der Waals surface area (Å²) in [6, 6.07) is 13.1. The summed E-state index contributed by atoms with van der Waals surface area (Å²) in [7, 11) is 1.51. The minimum absolute atomic E-state index is 0.0750. The summed E-state index contributed by atoms with van der Waals surface area (Å²) in [6.07, 6.45) is 0. The molecule has 0 unspecified atom stereocenters. The van der Waals surface area contributed by atoms with E-state index in [1.807, 2.05) is 13.0 Å². The van der Waals surface area contributed by atoms with Crippen LogP contribution in [0.1, 0.15) is 17.5 Å². The van der Waals surface area contributed by atoms with Crippen LogP contribution in [0.4, 0.5) is 5.69 Å². The van der Waals surface area contributed by atoms with Crippen LogP contribution in [-0.2, 0) is 0 Å². The Morgan fingerprint density at radius 1 is 1.16 bits per heavy atom. The molecule has 1 amide bonds. The molecule has 0 fully saturated rings. The third-order valence-electron chi connectivity index (χ3n) is 3.59. The van der Waals surface area contributed by atoms with Crippen LogP contribution in [0.3, 0.4) is 0 Å². The Kier molecular flexibility index (Phi) is 4.70. The molecule has 6 heteroatoms. The van der Waals surface area contributed by atoms with Crippen LogP contribution in [0.5, 0.6) is 11.5 Å². The number of nitrogens with one attached hydrogen (secondary N) is 1. The monoisotopic (exact) mass is 339 g/mol. The highest BCUT2D eigenvalue weighted by Crippen LogP contribution is 2.25. The van der Waals surface area contributed by atoms with E-state index < -0.39 is 5.91 Å². The van der Waals surface area contributed by atoms with E-state index in [1.54, 1.807) is 36.4 Å². The van der Waals surface area contributed by atoms with E-state index in [1.165, 1.54) is 13.2 Å². The first-order valence-electron chi connectivity index (χ1n) is 7.77. The SMILES string of the molecule is CCOc1ccccc1NC(=O)c1cc(=O)c2cc(OC)ccc2o1. The van der Waals surface area contributed by atoms with E-state index in [-0.39, 0.29) is 11.2 Å². The largest absolute Gasteiger partial charge is 0.497 e. The standard InChI is InChI=1S/C19H17NO5/c1-3-24-17-7-5-4-6-14(17)20-19(22)18-11-15(21)13-10-12(23-2)8-9-16(13)25-18/h4-11H,3H2,1-2H3,(H,20,22). The van der Waals surface area contributed by atoms with Crippen LogP contribution in [-0.4, -0.2) is 19.6 Å². The highest BCUT2D eigenvalue weighted by molar-refractivity contribution is 6.03. The lowest BCUT2D eigenvalue weighted by molar-refractivity contribution is 0.0996. The van der Waals surface area contributed by atoms with Crippen LogP contribution >= 0.6 is 0 Å². The zero-order valence-corrected chi connectivity index (χ0v) is 13.9. The number of fused-ring (bicyclic) bond motifs is 1. The van der Waals surface area contributed by atoms with E-state index in [9.17, 15) is 9.59 Å². The molecule has 6 nitrogen and oxygen atoms in total. The molecule has 25 heavy (non-hydrogen) atoms. The molecule has 0 radical (unpaired) electrons. The number of carbonyl (C=O) groups is 1. The van der Waals surface area contributed by atoms with Gasteiger partial charge in [0.25, 0.3) is 5.91 Å². The van der Waals surface area contributed by atoms with E-state index in [2.05, 4.69) is 5.32 Å². The van der Waals surface area contributed by atoms with Gasteiger partial charge >= 0.3 is 0 Å². The fraction of sp³-hybridized carbons (Fsp3) is 0.158. The van der Waals surface area contributed by atoms with Gasteiger partial charge in [-0.05, 0) is 37.3 Å².